The number of thiophene rings is 1. The maximum absolute atomic E-state index is 11.7. The molecule has 1 aromatic carbocycles. The number of carbonyl (C=O) groups is 1. The van der Waals surface area contributed by atoms with Crippen molar-refractivity contribution in [3.63, 3.8) is 0 Å². The van der Waals surface area contributed by atoms with Gasteiger partial charge in [-0.25, -0.2) is 13.6 Å². The average Bonchev–Trinajstić information content (AvgIpc) is 2.95. The number of sulfonamides is 1. The van der Waals surface area contributed by atoms with Crippen LogP contribution >= 0.6 is 11.3 Å². The number of hydrogen-bond acceptors (Lipinski definition) is 4. The summed E-state index contributed by atoms with van der Waals surface area (Å²) in [5.74, 6) is -0.0308. The molecule has 2 aromatic rings. The molecule has 3 N–H and O–H groups in total. The maximum atomic E-state index is 11.7. The van der Waals surface area contributed by atoms with Gasteiger partial charge in [0.25, 0.3) is 0 Å². The van der Waals surface area contributed by atoms with Crippen molar-refractivity contribution in [3.8, 4) is 0 Å². The fraction of sp³-hybridized carbons (Fsp3) is 0.214. The molecular weight excluding hydrogens is 308 g/mol. The molecule has 0 aliphatic heterocycles. The molecule has 2 rings (SSSR count). The number of nitrogens with two attached hydrogens (primary N) is 1. The van der Waals surface area contributed by atoms with Gasteiger partial charge in [-0.2, -0.15) is 11.3 Å². The molecule has 0 fully saturated rings. The van der Waals surface area contributed by atoms with Crippen molar-refractivity contribution in [2.45, 2.75) is 24.3 Å². The smallest absolute Gasteiger partial charge is 0.238 e. The summed E-state index contributed by atoms with van der Waals surface area (Å²) in [5.41, 5.74) is 1.99. The third kappa shape index (κ3) is 4.96. The zero-order valence-corrected chi connectivity index (χ0v) is 12.9. The molecule has 0 radical (unpaired) electrons. The maximum Gasteiger partial charge on any atom is 0.238 e. The van der Waals surface area contributed by atoms with Gasteiger partial charge in [-0.3, -0.25) is 4.79 Å². The zero-order chi connectivity index (χ0) is 15.3. The van der Waals surface area contributed by atoms with Gasteiger partial charge in [0.1, 0.15) is 0 Å². The lowest BCUT2D eigenvalue weighted by molar-refractivity contribution is -0.121. The number of amides is 1. The monoisotopic (exact) mass is 324 g/mol. The van der Waals surface area contributed by atoms with E-state index in [1.54, 1.807) is 23.5 Å². The van der Waals surface area contributed by atoms with E-state index in [0.717, 1.165) is 17.5 Å². The average molecular weight is 324 g/mol. The summed E-state index contributed by atoms with van der Waals surface area (Å²) in [6.07, 6.45) is 1.16. The first-order chi connectivity index (χ1) is 9.95. The number of carbonyl (C=O) groups excluding carboxylic acids is 1. The highest BCUT2D eigenvalue weighted by Crippen LogP contribution is 2.10. The third-order valence-corrected chi connectivity index (χ3v) is 4.62. The molecule has 21 heavy (non-hydrogen) atoms. The van der Waals surface area contributed by atoms with Gasteiger partial charge in [0.15, 0.2) is 0 Å². The highest BCUT2D eigenvalue weighted by molar-refractivity contribution is 7.89. The number of rotatable bonds is 6. The number of hydrogen-bond donors (Lipinski definition) is 2. The SMILES string of the molecule is NS(=O)(=O)c1ccc(CNC(=O)CCc2ccsc2)cc1. The van der Waals surface area contributed by atoms with Gasteiger partial charge in [0, 0.05) is 13.0 Å². The molecule has 1 aromatic heterocycles. The Kier molecular flexibility index (Phi) is 5.11. The molecule has 0 atom stereocenters. The fourth-order valence-corrected chi connectivity index (χ4v) is 3.00. The second-order valence-corrected chi connectivity index (χ2v) is 6.94. The first-order valence-corrected chi connectivity index (χ1v) is 8.83. The van der Waals surface area contributed by atoms with Crippen LogP contribution in [0, 0.1) is 0 Å². The quantitative estimate of drug-likeness (QED) is 0.846. The van der Waals surface area contributed by atoms with E-state index < -0.39 is 10.0 Å². The number of primary sulfonamides is 1. The molecular formula is C14H16N2O3S2. The van der Waals surface area contributed by atoms with Gasteiger partial charge in [0.2, 0.25) is 15.9 Å². The second-order valence-electron chi connectivity index (χ2n) is 4.60. The van der Waals surface area contributed by atoms with Gasteiger partial charge in [0.05, 0.1) is 4.90 Å². The molecule has 1 heterocycles. The van der Waals surface area contributed by atoms with Crippen LogP contribution in [0.3, 0.4) is 0 Å². The van der Waals surface area contributed by atoms with Crippen LogP contribution in [0.15, 0.2) is 46.0 Å². The second kappa shape index (κ2) is 6.84. The summed E-state index contributed by atoms with van der Waals surface area (Å²) in [6, 6.07) is 8.14. The predicted molar refractivity (Wildman–Crippen MR) is 82.3 cm³/mol. The van der Waals surface area contributed by atoms with Crippen molar-refractivity contribution >= 4 is 27.3 Å². The van der Waals surface area contributed by atoms with Crippen LogP contribution < -0.4 is 10.5 Å². The molecule has 0 bridgehead atoms. The lowest BCUT2D eigenvalue weighted by Gasteiger charge is -2.06. The van der Waals surface area contributed by atoms with Crippen molar-refractivity contribution in [1.82, 2.24) is 5.32 Å². The Hall–Kier alpha value is -1.70. The van der Waals surface area contributed by atoms with Crippen molar-refractivity contribution in [2.24, 2.45) is 5.14 Å². The van der Waals surface area contributed by atoms with E-state index in [2.05, 4.69) is 5.32 Å². The van der Waals surface area contributed by atoms with Gasteiger partial charge in [-0.1, -0.05) is 12.1 Å². The standard InChI is InChI=1S/C14H16N2O3S2/c15-21(18,19)13-4-1-11(2-5-13)9-16-14(17)6-3-12-7-8-20-10-12/h1-2,4-5,7-8,10H,3,6,9H2,(H,16,17)(H2,15,18,19). The van der Waals surface area contributed by atoms with Crippen LogP contribution in [0.1, 0.15) is 17.5 Å². The lowest BCUT2D eigenvalue weighted by atomic mass is 10.2. The van der Waals surface area contributed by atoms with E-state index >= 15 is 0 Å². The number of benzene rings is 1. The molecule has 112 valence electrons. The molecule has 0 aliphatic rings. The van der Waals surface area contributed by atoms with Crippen molar-refractivity contribution < 1.29 is 13.2 Å². The van der Waals surface area contributed by atoms with Crippen LogP contribution in [0.5, 0.6) is 0 Å². The first kappa shape index (κ1) is 15.7. The van der Waals surface area contributed by atoms with Crippen LogP contribution in [-0.4, -0.2) is 14.3 Å². The largest absolute Gasteiger partial charge is 0.352 e. The Morgan fingerprint density at radius 3 is 2.43 bits per heavy atom. The highest BCUT2D eigenvalue weighted by atomic mass is 32.2. The summed E-state index contributed by atoms with van der Waals surface area (Å²) in [6.45, 7) is 0.368. The van der Waals surface area contributed by atoms with E-state index in [4.69, 9.17) is 5.14 Å². The normalized spacial score (nSPS) is 11.3. The van der Waals surface area contributed by atoms with Crippen molar-refractivity contribution in [3.05, 3.63) is 52.2 Å². The Morgan fingerprint density at radius 1 is 1.14 bits per heavy atom. The van der Waals surface area contributed by atoms with E-state index in [-0.39, 0.29) is 10.8 Å². The van der Waals surface area contributed by atoms with Gasteiger partial charge in [-0.05, 0) is 46.5 Å². The number of aryl methyl sites for hydroxylation is 1. The minimum absolute atomic E-state index is 0.0308. The molecule has 5 nitrogen and oxygen atoms in total. The van der Waals surface area contributed by atoms with E-state index in [0.29, 0.717) is 13.0 Å². The molecule has 0 saturated heterocycles. The minimum atomic E-state index is -3.67. The molecule has 1 amide bonds. The molecule has 0 unspecified atom stereocenters. The first-order valence-electron chi connectivity index (χ1n) is 6.34. The number of nitrogens with one attached hydrogen (secondary N) is 1. The Morgan fingerprint density at radius 2 is 1.86 bits per heavy atom. The Labute approximate surface area is 127 Å². The summed E-state index contributed by atoms with van der Waals surface area (Å²) >= 11 is 1.61. The lowest BCUT2D eigenvalue weighted by Crippen LogP contribution is -2.23. The van der Waals surface area contributed by atoms with Crippen LogP contribution in [0.2, 0.25) is 0 Å². The molecule has 0 aliphatic carbocycles. The van der Waals surface area contributed by atoms with Crippen LogP contribution in [0.4, 0.5) is 0 Å². The summed E-state index contributed by atoms with van der Waals surface area (Å²) < 4.78 is 22.2. The minimum Gasteiger partial charge on any atom is -0.352 e. The zero-order valence-electron chi connectivity index (χ0n) is 11.3. The Bertz CT molecular complexity index is 692. The van der Waals surface area contributed by atoms with E-state index in [1.807, 2.05) is 16.8 Å². The van der Waals surface area contributed by atoms with Crippen molar-refractivity contribution in [1.29, 1.82) is 0 Å². The predicted octanol–water partition coefficient (Wildman–Crippen LogP) is 1.64. The topological polar surface area (TPSA) is 89.3 Å². The van der Waals surface area contributed by atoms with Gasteiger partial charge in [-0.15, -0.1) is 0 Å². The van der Waals surface area contributed by atoms with Gasteiger partial charge >= 0.3 is 0 Å². The summed E-state index contributed by atoms with van der Waals surface area (Å²) in [5, 5.41) is 11.8. The highest BCUT2D eigenvalue weighted by Gasteiger charge is 2.07. The summed E-state index contributed by atoms with van der Waals surface area (Å²) in [4.78, 5) is 11.8. The van der Waals surface area contributed by atoms with Gasteiger partial charge < -0.3 is 5.32 Å². The van der Waals surface area contributed by atoms with Crippen LogP contribution in [-0.2, 0) is 27.8 Å². The van der Waals surface area contributed by atoms with Crippen LogP contribution in [0.25, 0.3) is 0 Å². The Balaban J connectivity index is 1.81. The molecule has 0 saturated carbocycles. The third-order valence-electron chi connectivity index (χ3n) is 2.96. The van der Waals surface area contributed by atoms with Crippen molar-refractivity contribution in [2.75, 3.05) is 0 Å². The van der Waals surface area contributed by atoms with E-state index in [9.17, 15) is 13.2 Å². The summed E-state index contributed by atoms with van der Waals surface area (Å²) in [7, 11) is -3.67. The molecule has 7 heteroatoms. The molecule has 0 spiro atoms. The fourth-order valence-electron chi connectivity index (χ4n) is 1.78. The van der Waals surface area contributed by atoms with E-state index in [1.165, 1.54) is 12.1 Å².